The van der Waals surface area contributed by atoms with Gasteiger partial charge in [0.15, 0.2) is 0 Å². The number of allylic oxidation sites excluding steroid dienone is 2. The molecule has 0 aliphatic carbocycles. The second-order valence-corrected chi connectivity index (χ2v) is 7.10. The third-order valence-corrected chi connectivity index (χ3v) is 4.82. The molecule has 0 aromatic rings. The van der Waals surface area contributed by atoms with Gasteiger partial charge in [0.25, 0.3) is 0 Å². The molecule has 0 aromatic carbocycles. The van der Waals surface area contributed by atoms with E-state index in [1.165, 1.54) is 77.0 Å². The van der Waals surface area contributed by atoms with Crippen LogP contribution in [0.3, 0.4) is 0 Å². The van der Waals surface area contributed by atoms with Gasteiger partial charge >= 0.3 is 0 Å². The number of rotatable bonds is 15. The van der Waals surface area contributed by atoms with Crippen LogP contribution in [0, 0.1) is 0 Å². The Balaban J connectivity index is 1.82. The number of aliphatic hydroxyl groups excluding tert-OH is 1. The van der Waals surface area contributed by atoms with Crippen LogP contribution in [-0.4, -0.2) is 22.4 Å². The van der Waals surface area contributed by atoms with Crippen molar-refractivity contribution in [3.05, 3.63) is 24.6 Å². The van der Waals surface area contributed by atoms with E-state index in [0.29, 0.717) is 0 Å². The van der Waals surface area contributed by atoms with Gasteiger partial charge in [0.2, 0.25) is 0 Å². The van der Waals surface area contributed by atoms with Gasteiger partial charge in [-0.05, 0) is 45.4 Å². The zero-order chi connectivity index (χ0) is 17.5. The van der Waals surface area contributed by atoms with Crippen LogP contribution >= 0.6 is 0 Å². The van der Waals surface area contributed by atoms with E-state index in [1.807, 2.05) is 24.2 Å². The predicted octanol–water partition coefficient (Wildman–Crippen LogP) is 5.67. The molecule has 0 spiro atoms. The standard InChI is InChI=1S/C21H40N2O/c1-3-4-5-6-7-8-9-10-11-12-13-14-15-16-17-21-22-18-19-23(21)20(2)24/h7-8,18-22,24H,3-6,9-17H2,1-2H3/b8-7+. The zero-order valence-electron chi connectivity index (χ0n) is 16.1. The van der Waals surface area contributed by atoms with Crippen molar-refractivity contribution in [1.82, 2.24) is 10.2 Å². The van der Waals surface area contributed by atoms with E-state index in [0.717, 1.165) is 6.42 Å². The normalized spacial score (nSPS) is 18.5. The van der Waals surface area contributed by atoms with Gasteiger partial charge in [-0.2, -0.15) is 0 Å². The third-order valence-electron chi connectivity index (χ3n) is 4.82. The van der Waals surface area contributed by atoms with Crippen molar-refractivity contribution in [3.63, 3.8) is 0 Å². The molecule has 1 heterocycles. The third kappa shape index (κ3) is 10.0. The largest absolute Gasteiger partial charge is 0.374 e. The number of hydrogen-bond acceptors (Lipinski definition) is 3. The number of nitrogens with zero attached hydrogens (tertiary/aromatic N) is 1. The number of nitrogens with one attached hydrogen (secondary N) is 1. The molecule has 140 valence electrons. The monoisotopic (exact) mass is 336 g/mol. The van der Waals surface area contributed by atoms with Crippen molar-refractivity contribution in [3.8, 4) is 0 Å². The molecule has 1 aliphatic heterocycles. The first kappa shape index (κ1) is 21.1. The van der Waals surface area contributed by atoms with Crippen LogP contribution in [0.25, 0.3) is 0 Å². The van der Waals surface area contributed by atoms with Crippen LogP contribution in [0.15, 0.2) is 24.6 Å². The highest BCUT2D eigenvalue weighted by molar-refractivity contribution is 4.94. The van der Waals surface area contributed by atoms with Gasteiger partial charge < -0.3 is 15.3 Å². The van der Waals surface area contributed by atoms with E-state index in [2.05, 4.69) is 24.4 Å². The Morgan fingerprint density at radius 1 is 0.958 bits per heavy atom. The van der Waals surface area contributed by atoms with Crippen molar-refractivity contribution >= 4 is 0 Å². The van der Waals surface area contributed by atoms with Gasteiger partial charge in [0, 0.05) is 12.4 Å². The maximum absolute atomic E-state index is 9.67. The van der Waals surface area contributed by atoms with Crippen molar-refractivity contribution < 1.29 is 5.11 Å². The Labute approximate surface area is 150 Å². The topological polar surface area (TPSA) is 35.5 Å². The molecule has 0 amide bonds. The number of hydrogen-bond donors (Lipinski definition) is 2. The van der Waals surface area contributed by atoms with Crippen molar-refractivity contribution in [2.24, 2.45) is 0 Å². The van der Waals surface area contributed by atoms with Gasteiger partial charge in [-0.25, -0.2) is 0 Å². The number of aliphatic hydroxyl groups is 1. The first-order valence-corrected chi connectivity index (χ1v) is 10.3. The molecule has 2 N–H and O–H groups in total. The summed E-state index contributed by atoms with van der Waals surface area (Å²) >= 11 is 0. The minimum Gasteiger partial charge on any atom is -0.374 e. The second kappa shape index (κ2) is 14.4. The maximum atomic E-state index is 9.67. The molecule has 1 aliphatic rings. The molecule has 0 aromatic heterocycles. The highest BCUT2D eigenvalue weighted by Crippen LogP contribution is 2.16. The summed E-state index contributed by atoms with van der Waals surface area (Å²) in [6.07, 6.45) is 25.6. The molecule has 24 heavy (non-hydrogen) atoms. The number of unbranched alkanes of at least 4 members (excludes halogenated alkanes) is 10. The lowest BCUT2D eigenvalue weighted by Crippen LogP contribution is -2.40. The fraction of sp³-hybridized carbons (Fsp3) is 0.810. The van der Waals surface area contributed by atoms with Gasteiger partial charge in [-0.3, -0.25) is 0 Å². The highest BCUT2D eigenvalue weighted by atomic mass is 16.3. The molecule has 3 nitrogen and oxygen atoms in total. The minimum absolute atomic E-state index is 0.286. The van der Waals surface area contributed by atoms with Gasteiger partial charge in [-0.1, -0.05) is 64.0 Å². The second-order valence-electron chi connectivity index (χ2n) is 7.10. The molecular formula is C21H40N2O. The molecule has 0 bridgehead atoms. The first-order chi connectivity index (χ1) is 11.8. The Kier molecular flexibility index (Phi) is 12.6. The van der Waals surface area contributed by atoms with E-state index in [9.17, 15) is 5.11 Å². The average Bonchev–Trinajstić information content (AvgIpc) is 3.04. The van der Waals surface area contributed by atoms with Crippen molar-refractivity contribution in [1.29, 1.82) is 0 Å². The van der Waals surface area contributed by atoms with E-state index in [1.54, 1.807) is 0 Å². The van der Waals surface area contributed by atoms with E-state index < -0.39 is 6.23 Å². The van der Waals surface area contributed by atoms with Crippen LogP contribution in [-0.2, 0) is 0 Å². The van der Waals surface area contributed by atoms with Crippen LogP contribution in [0.4, 0.5) is 0 Å². The Morgan fingerprint density at radius 3 is 2.17 bits per heavy atom. The summed E-state index contributed by atoms with van der Waals surface area (Å²) in [6, 6.07) is 0. The first-order valence-electron chi connectivity index (χ1n) is 10.3. The summed E-state index contributed by atoms with van der Waals surface area (Å²) in [5.41, 5.74) is 0. The highest BCUT2D eigenvalue weighted by Gasteiger charge is 2.20. The Hall–Kier alpha value is -0.960. The van der Waals surface area contributed by atoms with Gasteiger partial charge in [-0.15, -0.1) is 0 Å². The van der Waals surface area contributed by atoms with Crippen LogP contribution < -0.4 is 5.32 Å². The van der Waals surface area contributed by atoms with E-state index in [4.69, 9.17) is 0 Å². The summed E-state index contributed by atoms with van der Waals surface area (Å²) in [6.45, 7) is 4.08. The van der Waals surface area contributed by atoms with Gasteiger partial charge in [0.05, 0.1) is 0 Å². The lowest BCUT2D eigenvalue weighted by Gasteiger charge is -2.28. The molecule has 1 rings (SSSR count). The lowest BCUT2D eigenvalue weighted by molar-refractivity contribution is 0.0254. The molecule has 2 atom stereocenters. The summed E-state index contributed by atoms with van der Waals surface area (Å²) in [4.78, 5) is 2.00. The van der Waals surface area contributed by atoms with E-state index in [-0.39, 0.29) is 6.17 Å². The fourth-order valence-corrected chi connectivity index (χ4v) is 3.28. The summed E-state index contributed by atoms with van der Waals surface area (Å²) in [7, 11) is 0. The van der Waals surface area contributed by atoms with Crippen LogP contribution in [0.1, 0.15) is 97.3 Å². The molecule has 3 heteroatoms. The lowest BCUT2D eigenvalue weighted by atomic mass is 10.1. The van der Waals surface area contributed by atoms with Crippen molar-refractivity contribution in [2.45, 2.75) is 110 Å². The summed E-state index contributed by atoms with van der Waals surface area (Å²) < 4.78 is 0. The Morgan fingerprint density at radius 2 is 1.54 bits per heavy atom. The predicted molar refractivity (Wildman–Crippen MR) is 104 cm³/mol. The van der Waals surface area contributed by atoms with Crippen LogP contribution in [0.2, 0.25) is 0 Å². The Bertz CT molecular complexity index is 339. The quantitative estimate of drug-likeness (QED) is 0.298. The summed E-state index contributed by atoms with van der Waals surface area (Å²) in [5.74, 6) is 0. The minimum atomic E-state index is -0.401. The maximum Gasteiger partial charge on any atom is 0.125 e. The molecular weight excluding hydrogens is 296 g/mol. The smallest absolute Gasteiger partial charge is 0.125 e. The van der Waals surface area contributed by atoms with Crippen LogP contribution in [0.5, 0.6) is 0 Å². The average molecular weight is 337 g/mol. The SMILES string of the molecule is CCCCC/C=C/CCCCCCCCCC1NC=CN1C(C)O. The molecule has 0 saturated heterocycles. The van der Waals surface area contributed by atoms with Crippen molar-refractivity contribution in [2.75, 3.05) is 0 Å². The van der Waals surface area contributed by atoms with Gasteiger partial charge in [0.1, 0.15) is 12.4 Å². The molecule has 2 unspecified atom stereocenters. The molecule has 0 radical (unpaired) electrons. The fourth-order valence-electron chi connectivity index (χ4n) is 3.28. The summed E-state index contributed by atoms with van der Waals surface area (Å²) in [5, 5.41) is 13.0. The molecule has 0 saturated carbocycles. The van der Waals surface area contributed by atoms with E-state index >= 15 is 0 Å². The zero-order valence-corrected chi connectivity index (χ0v) is 16.1. The molecule has 0 fully saturated rings.